The number of aliphatic carboxylic acids is 1. The molecule has 2 heterocycles. The van der Waals surface area contributed by atoms with Crippen molar-refractivity contribution in [3.05, 3.63) is 22.5 Å². The standard InChI is InChI=1S/C12H14N4O4/c17-10(18)12-3-1-2-8(12)6-15(7-12)11-13-4-9(5-14-11)16(19)20/h4-5,8H,1-3,6-7H2,(H,17,18)/t8-,12+/m0/s1. The summed E-state index contributed by atoms with van der Waals surface area (Å²) in [6.07, 6.45) is 4.83. The number of carboxylic acids is 1. The third-order valence-corrected chi connectivity index (χ3v) is 4.41. The van der Waals surface area contributed by atoms with Gasteiger partial charge in [-0.05, 0) is 18.8 Å². The first-order chi connectivity index (χ1) is 9.53. The molecule has 0 bridgehead atoms. The highest BCUT2D eigenvalue weighted by Gasteiger charge is 2.55. The summed E-state index contributed by atoms with van der Waals surface area (Å²) in [5, 5.41) is 20.1. The molecule has 1 saturated heterocycles. The third-order valence-electron chi connectivity index (χ3n) is 4.41. The van der Waals surface area contributed by atoms with E-state index in [1.807, 2.05) is 4.90 Å². The van der Waals surface area contributed by atoms with Crippen molar-refractivity contribution in [1.29, 1.82) is 0 Å². The van der Waals surface area contributed by atoms with Crippen LogP contribution in [0, 0.1) is 21.4 Å². The molecular formula is C12H14N4O4. The van der Waals surface area contributed by atoms with Crippen LogP contribution in [0.2, 0.25) is 0 Å². The number of nitro groups is 1. The van der Waals surface area contributed by atoms with Crippen molar-refractivity contribution in [2.45, 2.75) is 19.3 Å². The molecule has 1 aromatic heterocycles. The van der Waals surface area contributed by atoms with Gasteiger partial charge < -0.3 is 10.0 Å². The molecule has 0 radical (unpaired) electrons. The molecule has 8 heteroatoms. The van der Waals surface area contributed by atoms with E-state index in [0.717, 1.165) is 25.2 Å². The van der Waals surface area contributed by atoms with Gasteiger partial charge in [-0.3, -0.25) is 14.9 Å². The number of nitrogens with zero attached hydrogens (tertiary/aromatic N) is 4. The highest BCUT2D eigenvalue weighted by Crippen LogP contribution is 2.49. The molecular weight excluding hydrogens is 264 g/mol. The van der Waals surface area contributed by atoms with E-state index in [4.69, 9.17) is 0 Å². The molecule has 20 heavy (non-hydrogen) atoms. The Morgan fingerprint density at radius 1 is 1.50 bits per heavy atom. The third kappa shape index (κ3) is 1.79. The first-order valence-electron chi connectivity index (χ1n) is 6.48. The van der Waals surface area contributed by atoms with Gasteiger partial charge in [0.05, 0.1) is 10.3 Å². The van der Waals surface area contributed by atoms with Crippen molar-refractivity contribution in [1.82, 2.24) is 9.97 Å². The van der Waals surface area contributed by atoms with Gasteiger partial charge in [0.1, 0.15) is 12.4 Å². The average Bonchev–Trinajstić information content (AvgIpc) is 2.96. The van der Waals surface area contributed by atoms with Crippen LogP contribution in [-0.2, 0) is 4.79 Å². The Morgan fingerprint density at radius 2 is 2.20 bits per heavy atom. The van der Waals surface area contributed by atoms with Crippen molar-refractivity contribution >= 4 is 17.6 Å². The van der Waals surface area contributed by atoms with Crippen LogP contribution < -0.4 is 4.90 Å². The number of rotatable bonds is 3. The minimum atomic E-state index is -0.760. The molecule has 0 spiro atoms. The molecule has 2 fully saturated rings. The zero-order chi connectivity index (χ0) is 14.3. The first-order valence-corrected chi connectivity index (χ1v) is 6.48. The van der Waals surface area contributed by atoms with E-state index in [-0.39, 0.29) is 11.6 Å². The van der Waals surface area contributed by atoms with Crippen molar-refractivity contribution in [3.63, 3.8) is 0 Å². The quantitative estimate of drug-likeness (QED) is 0.650. The largest absolute Gasteiger partial charge is 0.481 e. The second kappa shape index (κ2) is 4.39. The Balaban J connectivity index is 1.83. The van der Waals surface area contributed by atoms with Crippen LogP contribution in [0.1, 0.15) is 19.3 Å². The van der Waals surface area contributed by atoms with Crippen LogP contribution in [0.3, 0.4) is 0 Å². The van der Waals surface area contributed by atoms with Gasteiger partial charge in [0.15, 0.2) is 0 Å². The fraction of sp³-hybridized carbons (Fsp3) is 0.583. The van der Waals surface area contributed by atoms with E-state index in [9.17, 15) is 20.0 Å². The topological polar surface area (TPSA) is 109 Å². The molecule has 8 nitrogen and oxygen atoms in total. The summed E-state index contributed by atoms with van der Waals surface area (Å²) in [4.78, 5) is 31.4. The Hall–Kier alpha value is -2.25. The zero-order valence-corrected chi connectivity index (χ0v) is 10.7. The van der Waals surface area contributed by atoms with E-state index in [2.05, 4.69) is 9.97 Å². The summed E-state index contributed by atoms with van der Waals surface area (Å²) < 4.78 is 0. The van der Waals surface area contributed by atoms with Gasteiger partial charge in [-0.15, -0.1) is 0 Å². The second-order valence-electron chi connectivity index (χ2n) is 5.43. The molecule has 106 valence electrons. The summed E-state index contributed by atoms with van der Waals surface area (Å²) in [6, 6.07) is 0. The summed E-state index contributed by atoms with van der Waals surface area (Å²) >= 11 is 0. The minimum Gasteiger partial charge on any atom is -0.481 e. The van der Waals surface area contributed by atoms with E-state index in [1.165, 1.54) is 0 Å². The molecule has 1 aliphatic carbocycles. The number of hydrogen-bond acceptors (Lipinski definition) is 6. The second-order valence-corrected chi connectivity index (χ2v) is 5.43. The van der Waals surface area contributed by atoms with Crippen LogP contribution in [0.25, 0.3) is 0 Å². The van der Waals surface area contributed by atoms with E-state index in [1.54, 1.807) is 0 Å². The zero-order valence-electron chi connectivity index (χ0n) is 10.7. The van der Waals surface area contributed by atoms with Crippen molar-refractivity contribution in [2.75, 3.05) is 18.0 Å². The predicted molar refractivity (Wildman–Crippen MR) is 68.3 cm³/mol. The van der Waals surface area contributed by atoms with Gasteiger partial charge >= 0.3 is 11.7 Å². The van der Waals surface area contributed by atoms with Crippen LogP contribution >= 0.6 is 0 Å². The van der Waals surface area contributed by atoms with Crippen molar-refractivity contribution in [3.8, 4) is 0 Å². The van der Waals surface area contributed by atoms with Crippen LogP contribution in [0.5, 0.6) is 0 Å². The molecule has 2 atom stereocenters. The van der Waals surface area contributed by atoms with Crippen molar-refractivity contribution in [2.24, 2.45) is 11.3 Å². The van der Waals surface area contributed by atoms with Gasteiger partial charge in [-0.25, -0.2) is 9.97 Å². The molecule has 1 aliphatic heterocycles. The lowest BCUT2D eigenvalue weighted by atomic mass is 9.81. The lowest BCUT2D eigenvalue weighted by Crippen LogP contribution is -2.36. The lowest BCUT2D eigenvalue weighted by molar-refractivity contribution is -0.385. The monoisotopic (exact) mass is 278 g/mol. The number of carboxylic acid groups (broad SMARTS) is 1. The normalized spacial score (nSPS) is 28.4. The Morgan fingerprint density at radius 3 is 2.75 bits per heavy atom. The minimum absolute atomic E-state index is 0.110. The SMILES string of the molecule is O=C(O)[C@@]12CCC[C@H]1CN(c1ncc([N+](=O)[O-])cn1)C2. The number of fused-ring (bicyclic) bond motifs is 1. The number of aromatic nitrogens is 2. The summed E-state index contributed by atoms with van der Waals surface area (Å²) in [6.45, 7) is 0.981. The average molecular weight is 278 g/mol. The van der Waals surface area contributed by atoms with Crippen LogP contribution in [0.4, 0.5) is 11.6 Å². The lowest BCUT2D eigenvalue weighted by Gasteiger charge is -2.23. The van der Waals surface area contributed by atoms with Gasteiger partial charge in [0.2, 0.25) is 5.95 Å². The fourth-order valence-corrected chi connectivity index (χ4v) is 3.36. The van der Waals surface area contributed by atoms with Gasteiger partial charge in [0.25, 0.3) is 0 Å². The Labute approximate surface area is 114 Å². The maximum absolute atomic E-state index is 11.6. The van der Waals surface area contributed by atoms with Crippen molar-refractivity contribution < 1.29 is 14.8 Å². The molecule has 1 aromatic rings. The molecule has 2 aliphatic rings. The molecule has 0 unspecified atom stereocenters. The first kappa shape index (κ1) is 12.8. The molecule has 1 N–H and O–H groups in total. The van der Waals surface area contributed by atoms with Gasteiger partial charge in [-0.1, -0.05) is 6.42 Å². The fourth-order valence-electron chi connectivity index (χ4n) is 3.36. The molecule has 1 saturated carbocycles. The van der Waals surface area contributed by atoms with E-state index in [0.29, 0.717) is 25.5 Å². The Kier molecular flexibility index (Phi) is 2.81. The molecule has 3 rings (SSSR count). The Bertz CT molecular complexity index is 561. The predicted octanol–water partition coefficient (Wildman–Crippen LogP) is 1.08. The summed E-state index contributed by atoms with van der Waals surface area (Å²) in [5.41, 5.74) is -0.869. The van der Waals surface area contributed by atoms with Gasteiger partial charge in [-0.2, -0.15) is 0 Å². The summed E-state index contributed by atoms with van der Waals surface area (Å²) in [7, 11) is 0. The number of anilines is 1. The highest BCUT2D eigenvalue weighted by molar-refractivity contribution is 5.77. The molecule has 0 aromatic carbocycles. The van der Waals surface area contributed by atoms with Gasteiger partial charge in [0, 0.05) is 13.1 Å². The van der Waals surface area contributed by atoms with Crippen LogP contribution in [-0.4, -0.2) is 39.1 Å². The number of hydrogen-bond donors (Lipinski definition) is 1. The van der Waals surface area contributed by atoms with E-state index >= 15 is 0 Å². The van der Waals surface area contributed by atoms with E-state index < -0.39 is 16.3 Å². The highest BCUT2D eigenvalue weighted by atomic mass is 16.6. The smallest absolute Gasteiger partial charge is 0.311 e. The molecule has 0 amide bonds. The summed E-state index contributed by atoms with van der Waals surface area (Å²) in [5.74, 6) is -0.283. The maximum atomic E-state index is 11.6. The number of carbonyl (C=O) groups is 1. The van der Waals surface area contributed by atoms with Crippen LogP contribution in [0.15, 0.2) is 12.4 Å². The maximum Gasteiger partial charge on any atom is 0.311 e.